The maximum absolute atomic E-state index is 5.54. The van der Waals surface area contributed by atoms with Crippen LogP contribution in [0.25, 0.3) is 111 Å². The largest absolute Gasteiger partial charge is 0.307 e. The van der Waals surface area contributed by atoms with Crippen LogP contribution in [0, 0.1) is 0 Å². The molecule has 9 aromatic carbocycles. The van der Waals surface area contributed by atoms with E-state index in [-0.39, 0.29) is 0 Å². The predicted molar refractivity (Wildman–Crippen MR) is 250 cm³/mol. The minimum atomic E-state index is 0.915. The molecule has 0 saturated heterocycles. The Morgan fingerprint density at radius 2 is 0.850 bits per heavy atom. The van der Waals surface area contributed by atoms with Crippen molar-refractivity contribution in [2.24, 2.45) is 0 Å². The molecule has 12 rings (SSSR count). The monoisotopic (exact) mass is 764 g/mol. The average molecular weight is 765 g/mol. The molecular weight excluding hydrogens is 729 g/mol. The molecule has 0 amide bonds. The lowest BCUT2D eigenvalue weighted by atomic mass is 9.98. The lowest BCUT2D eigenvalue weighted by molar-refractivity contribution is 1.10. The second-order valence-corrected chi connectivity index (χ2v) is 15.4. The molecule has 0 radical (unpaired) electrons. The van der Waals surface area contributed by atoms with Gasteiger partial charge in [0.05, 0.1) is 33.3 Å². The van der Waals surface area contributed by atoms with Crippen LogP contribution in [0.2, 0.25) is 0 Å². The Labute approximate surface area is 346 Å². The lowest BCUT2D eigenvalue weighted by Crippen LogP contribution is -1.97. The molecule has 0 aliphatic carbocycles. The number of imidazole rings is 1. The number of nitrogens with zero attached hydrogens (tertiary/aromatic N) is 4. The van der Waals surface area contributed by atoms with Gasteiger partial charge in [-0.3, -0.25) is 4.57 Å². The maximum Gasteiger partial charge on any atom is 0.145 e. The van der Waals surface area contributed by atoms with Crippen LogP contribution in [0.5, 0.6) is 0 Å². The molecule has 3 heterocycles. The third kappa shape index (κ3) is 5.46. The van der Waals surface area contributed by atoms with Crippen molar-refractivity contribution in [3.05, 3.63) is 218 Å². The highest BCUT2D eigenvalue weighted by atomic mass is 15.1. The standard InChI is InChI=1S/C56H36N4/c1-4-14-37(15-5-1)38-28-31-44(32-29-38)60-52-23-13-12-22-50(52)57-56(60)41-26-24-39(25-27-41)42-30-35-51-49(36-42)48-34-33-47-45-20-10-11-21-46(45)53(40-16-6-2-7-17-40)58-54(47)55(48)59(51)43-18-8-3-9-19-43/h1-36H. The minimum Gasteiger partial charge on any atom is -0.307 e. The number of hydrogen-bond acceptors (Lipinski definition) is 2. The van der Waals surface area contributed by atoms with Gasteiger partial charge in [-0.25, -0.2) is 9.97 Å². The molecule has 3 aromatic heterocycles. The van der Waals surface area contributed by atoms with Gasteiger partial charge in [0.15, 0.2) is 0 Å². The first-order valence-corrected chi connectivity index (χ1v) is 20.4. The van der Waals surface area contributed by atoms with E-state index in [0.717, 1.165) is 83.5 Å². The van der Waals surface area contributed by atoms with Gasteiger partial charge in [-0.2, -0.15) is 0 Å². The van der Waals surface area contributed by atoms with Gasteiger partial charge < -0.3 is 4.57 Å². The van der Waals surface area contributed by atoms with E-state index in [2.05, 4.69) is 228 Å². The number of hydrogen-bond donors (Lipinski definition) is 0. The SMILES string of the molecule is c1ccc(-c2ccc(-n3c(-c4ccc(-c5ccc6c(c5)c5ccc7c8ccccc8c(-c8ccccc8)nc7c5n6-c5ccccc5)cc4)nc4ccccc43)cc2)cc1. The molecule has 0 spiro atoms. The summed E-state index contributed by atoms with van der Waals surface area (Å²) in [6.45, 7) is 0. The molecule has 0 fully saturated rings. The number of pyridine rings is 1. The van der Waals surface area contributed by atoms with Gasteiger partial charge in [0.2, 0.25) is 0 Å². The van der Waals surface area contributed by atoms with Crippen LogP contribution in [-0.4, -0.2) is 19.1 Å². The molecule has 0 bridgehead atoms. The van der Waals surface area contributed by atoms with Crippen LogP contribution in [0.4, 0.5) is 0 Å². The normalized spacial score (nSPS) is 11.7. The second kappa shape index (κ2) is 13.8. The van der Waals surface area contributed by atoms with Crippen LogP contribution in [0.15, 0.2) is 218 Å². The van der Waals surface area contributed by atoms with Crippen LogP contribution < -0.4 is 0 Å². The number of benzene rings is 9. The summed E-state index contributed by atoms with van der Waals surface area (Å²) >= 11 is 0. The van der Waals surface area contributed by atoms with E-state index in [1.165, 1.54) is 27.3 Å². The number of aromatic nitrogens is 4. The first-order chi connectivity index (χ1) is 29.8. The number of para-hydroxylation sites is 3. The molecule has 0 N–H and O–H groups in total. The highest BCUT2D eigenvalue weighted by molar-refractivity contribution is 6.23. The van der Waals surface area contributed by atoms with Crippen LogP contribution in [0.3, 0.4) is 0 Å². The topological polar surface area (TPSA) is 35.6 Å². The molecule has 0 aliphatic rings. The first kappa shape index (κ1) is 34.0. The highest BCUT2D eigenvalue weighted by Gasteiger charge is 2.20. The average Bonchev–Trinajstić information content (AvgIpc) is 3.88. The molecular formula is C56H36N4. The molecule has 0 aliphatic heterocycles. The summed E-state index contributed by atoms with van der Waals surface area (Å²) < 4.78 is 4.67. The predicted octanol–water partition coefficient (Wildman–Crippen LogP) is 14.5. The summed E-state index contributed by atoms with van der Waals surface area (Å²) in [5.41, 5.74) is 15.3. The second-order valence-electron chi connectivity index (χ2n) is 15.4. The van der Waals surface area contributed by atoms with E-state index in [9.17, 15) is 0 Å². The van der Waals surface area contributed by atoms with Gasteiger partial charge in [-0.1, -0.05) is 170 Å². The van der Waals surface area contributed by atoms with Gasteiger partial charge in [-0.05, 0) is 76.2 Å². The van der Waals surface area contributed by atoms with Gasteiger partial charge in [0, 0.05) is 44.0 Å². The molecule has 0 atom stereocenters. The van der Waals surface area contributed by atoms with Crippen molar-refractivity contribution in [2.45, 2.75) is 0 Å². The van der Waals surface area contributed by atoms with E-state index in [1.807, 2.05) is 0 Å². The molecule has 4 heteroatoms. The smallest absolute Gasteiger partial charge is 0.145 e. The summed E-state index contributed by atoms with van der Waals surface area (Å²) in [5.74, 6) is 0.915. The van der Waals surface area contributed by atoms with Crippen molar-refractivity contribution in [2.75, 3.05) is 0 Å². The van der Waals surface area contributed by atoms with Crippen molar-refractivity contribution in [1.82, 2.24) is 19.1 Å². The fourth-order valence-electron chi connectivity index (χ4n) is 9.08. The van der Waals surface area contributed by atoms with Crippen molar-refractivity contribution < 1.29 is 0 Å². The Balaban J connectivity index is 1.00. The lowest BCUT2D eigenvalue weighted by Gasteiger charge is -2.13. The van der Waals surface area contributed by atoms with Crippen molar-refractivity contribution in [1.29, 1.82) is 0 Å². The number of rotatable bonds is 6. The van der Waals surface area contributed by atoms with E-state index < -0.39 is 0 Å². The Hall–Kier alpha value is -8.08. The summed E-state index contributed by atoms with van der Waals surface area (Å²) in [7, 11) is 0. The Morgan fingerprint density at radius 3 is 1.62 bits per heavy atom. The Kier molecular flexibility index (Phi) is 7.82. The van der Waals surface area contributed by atoms with Gasteiger partial charge in [-0.15, -0.1) is 0 Å². The van der Waals surface area contributed by atoms with Crippen molar-refractivity contribution in [3.63, 3.8) is 0 Å². The summed E-state index contributed by atoms with van der Waals surface area (Å²) in [6.07, 6.45) is 0. The fraction of sp³-hybridized carbons (Fsp3) is 0. The molecule has 0 saturated carbocycles. The van der Waals surface area contributed by atoms with Gasteiger partial charge in [0.25, 0.3) is 0 Å². The zero-order valence-corrected chi connectivity index (χ0v) is 32.6. The quantitative estimate of drug-likeness (QED) is 0.158. The van der Waals surface area contributed by atoms with E-state index in [4.69, 9.17) is 9.97 Å². The van der Waals surface area contributed by atoms with Crippen molar-refractivity contribution in [3.8, 4) is 56.3 Å². The van der Waals surface area contributed by atoms with E-state index >= 15 is 0 Å². The van der Waals surface area contributed by atoms with Crippen LogP contribution in [-0.2, 0) is 0 Å². The molecule has 0 unspecified atom stereocenters. The summed E-state index contributed by atoms with van der Waals surface area (Å²) in [5, 5.41) is 5.86. The van der Waals surface area contributed by atoms with Gasteiger partial charge in [0.1, 0.15) is 5.82 Å². The minimum absolute atomic E-state index is 0.915. The third-order valence-corrected chi connectivity index (χ3v) is 11.9. The van der Waals surface area contributed by atoms with E-state index in [0.29, 0.717) is 0 Å². The fourth-order valence-corrected chi connectivity index (χ4v) is 9.08. The zero-order valence-electron chi connectivity index (χ0n) is 32.6. The molecule has 12 aromatic rings. The Morgan fingerprint density at radius 1 is 0.300 bits per heavy atom. The van der Waals surface area contributed by atoms with Gasteiger partial charge >= 0.3 is 0 Å². The van der Waals surface area contributed by atoms with Crippen molar-refractivity contribution >= 4 is 54.5 Å². The zero-order chi connectivity index (χ0) is 39.6. The molecule has 60 heavy (non-hydrogen) atoms. The summed E-state index contributed by atoms with van der Waals surface area (Å²) in [4.78, 5) is 10.7. The Bertz CT molecular complexity index is 3550. The number of fused-ring (bicyclic) bond motifs is 8. The maximum atomic E-state index is 5.54. The highest BCUT2D eigenvalue weighted by Crippen LogP contribution is 2.42. The molecule has 4 nitrogen and oxygen atoms in total. The summed E-state index contributed by atoms with van der Waals surface area (Å²) in [6, 6.07) is 77.8. The molecule has 280 valence electrons. The third-order valence-electron chi connectivity index (χ3n) is 11.9. The van der Waals surface area contributed by atoms with Crippen LogP contribution in [0.1, 0.15) is 0 Å². The first-order valence-electron chi connectivity index (χ1n) is 20.4. The van der Waals surface area contributed by atoms with Crippen LogP contribution >= 0.6 is 0 Å². The van der Waals surface area contributed by atoms with E-state index in [1.54, 1.807) is 0 Å².